The molecular formula is C11H12O3. The van der Waals surface area contributed by atoms with E-state index < -0.39 is 0 Å². The molecule has 0 aliphatic rings. The molecule has 74 valence electrons. The second-order valence-electron chi connectivity index (χ2n) is 2.55. The molecule has 0 aliphatic carbocycles. The van der Waals surface area contributed by atoms with Gasteiger partial charge in [-0.15, -0.1) is 6.42 Å². The maximum Gasteiger partial charge on any atom is 0.176 e. The monoisotopic (exact) mass is 192 g/mol. The molecule has 0 N–H and O–H groups in total. The van der Waals surface area contributed by atoms with Crippen LogP contribution >= 0.6 is 0 Å². The second kappa shape index (κ2) is 4.43. The molecule has 0 fully saturated rings. The van der Waals surface area contributed by atoms with Crippen LogP contribution in [0.2, 0.25) is 0 Å². The van der Waals surface area contributed by atoms with Gasteiger partial charge in [0.2, 0.25) is 0 Å². The van der Waals surface area contributed by atoms with Crippen LogP contribution in [0.15, 0.2) is 12.1 Å². The molecule has 14 heavy (non-hydrogen) atoms. The van der Waals surface area contributed by atoms with Crippen LogP contribution in [0, 0.1) is 12.3 Å². The zero-order valence-electron chi connectivity index (χ0n) is 8.46. The lowest BCUT2D eigenvalue weighted by atomic mass is 10.2. The van der Waals surface area contributed by atoms with Crippen molar-refractivity contribution in [2.75, 3.05) is 21.3 Å². The third kappa shape index (κ3) is 1.74. The number of hydrogen-bond donors (Lipinski definition) is 0. The minimum atomic E-state index is 0.552. The predicted molar refractivity (Wildman–Crippen MR) is 54.0 cm³/mol. The van der Waals surface area contributed by atoms with Crippen LogP contribution in [0.25, 0.3) is 0 Å². The van der Waals surface area contributed by atoms with E-state index in [4.69, 9.17) is 20.6 Å². The molecule has 1 aromatic rings. The fraction of sp³-hybridized carbons (Fsp3) is 0.273. The van der Waals surface area contributed by atoms with E-state index >= 15 is 0 Å². The summed E-state index contributed by atoms with van der Waals surface area (Å²) >= 11 is 0. The minimum Gasteiger partial charge on any atom is -0.497 e. The molecule has 3 nitrogen and oxygen atoms in total. The van der Waals surface area contributed by atoms with Gasteiger partial charge in [0, 0.05) is 6.07 Å². The van der Waals surface area contributed by atoms with Crippen LogP contribution in [0.1, 0.15) is 5.56 Å². The Labute approximate surface area is 83.6 Å². The molecule has 0 heterocycles. The van der Waals surface area contributed by atoms with Gasteiger partial charge in [-0.05, 0) is 6.07 Å². The summed E-state index contributed by atoms with van der Waals surface area (Å²) in [5, 5.41) is 0. The van der Waals surface area contributed by atoms with Gasteiger partial charge in [-0.25, -0.2) is 0 Å². The molecule has 0 saturated heterocycles. The van der Waals surface area contributed by atoms with E-state index in [0.29, 0.717) is 22.8 Å². The van der Waals surface area contributed by atoms with Crippen LogP contribution < -0.4 is 14.2 Å². The fourth-order valence-corrected chi connectivity index (χ4v) is 1.16. The fourth-order valence-electron chi connectivity index (χ4n) is 1.16. The summed E-state index contributed by atoms with van der Waals surface area (Å²) in [5.74, 6) is 4.28. The number of methoxy groups -OCH3 is 3. The second-order valence-corrected chi connectivity index (χ2v) is 2.55. The van der Waals surface area contributed by atoms with Crippen molar-refractivity contribution in [1.29, 1.82) is 0 Å². The van der Waals surface area contributed by atoms with Gasteiger partial charge in [-0.3, -0.25) is 0 Å². The molecule has 1 aromatic carbocycles. The summed E-state index contributed by atoms with van der Waals surface area (Å²) < 4.78 is 15.3. The lowest BCUT2D eigenvalue weighted by molar-refractivity contribution is 0.348. The van der Waals surface area contributed by atoms with Crippen molar-refractivity contribution >= 4 is 0 Å². The first kappa shape index (κ1) is 10.3. The molecule has 0 amide bonds. The van der Waals surface area contributed by atoms with Crippen molar-refractivity contribution in [2.24, 2.45) is 0 Å². The standard InChI is InChI=1S/C11H12O3/c1-5-8-6-9(12-2)7-10(13-3)11(8)14-4/h1,6-7H,2-4H3. The summed E-state index contributed by atoms with van der Waals surface area (Å²) in [6, 6.07) is 3.45. The highest BCUT2D eigenvalue weighted by molar-refractivity contribution is 5.57. The van der Waals surface area contributed by atoms with E-state index in [-0.39, 0.29) is 0 Å². The molecule has 0 aromatic heterocycles. The topological polar surface area (TPSA) is 27.7 Å². The van der Waals surface area contributed by atoms with E-state index in [0.717, 1.165) is 0 Å². The van der Waals surface area contributed by atoms with Gasteiger partial charge in [-0.1, -0.05) is 5.92 Å². The first-order valence-corrected chi connectivity index (χ1v) is 4.03. The van der Waals surface area contributed by atoms with Crippen LogP contribution in [0.4, 0.5) is 0 Å². The van der Waals surface area contributed by atoms with E-state index in [1.165, 1.54) is 0 Å². The Kier molecular flexibility index (Phi) is 3.24. The Hall–Kier alpha value is -1.82. The zero-order chi connectivity index (χ0) is 10.6. The van der Waals surface area contributed by atoms with Gasteiger partial charge in [0.05, 0.1) is 26.9 Å². The Bertz CT molecular complexity index is 364. The summed E-state index contributed by atoms with van der Waals surface area (Å²) in [4.78, 5) is 0. The van der Waals surface area contributed by atoms with E-state index in [1.54, 1.807) is 33.5 Å². The first-order chi connectivity index (χ1) is 6.76. The van der Waals surface area contributed by atoms with Gasteiger partial charge >= 0.3 is 0 Å². The van der Waals surface area contributed by atoms with Gasteiger partial charge in [0.15, 0.2) is 11.5 Å². The molecule has 0 bridgehead atoms. The Balaban J connectivity index is 3.34. The lowest BCUT2D eigenvalue weighted by Crippen LogP contribution is -1.95. The van der Waals surface area contributed by atoms with Gasteiger partial charge < -0.3 is 14.2 Å². The van der Waals surface area contributed by atoms with Crippen molar-refractivity contribution < 1.29 is 14.2 Å². The molecule has 0 atom stereocenters. The molecular weight excluding hydrogens is 180 g/mol. The van der Waals surface area contributed by atoms with Gasteiger partial charge in [0.1, 0.15) is 5.75 Å². The van der Waals surface area contributed by atoms with Crippen LogP contribution in [-0.2, 0) is 0 Å². The smallest absolute Gasteiger partial charge is 0.176 e. The van der Waals surface area contributed by atoms with Crippen molar-refractivity contribution in [3.8, 4) is 29.6 Å². The summed E-state index contributed by atoms with van der Waals surface area (Å²) in [6.45, 7) is 0. The molecule has 3 heteroatoms. The summed E-state index contributed by atoms with van der Waals surface area (Å²) in [6.07, 6.45) is 5.33. The average molecular weight is 192 g/mol. The van der Waals surface area contributed by atoms with E-state index in [9.17, 15) is 0 Å². The highest BCUT2D eigenvalue weighted by atomic mass is 16.5. The SMILES string of the molecule is C#Cc1cc(OC)cc(OC)c1OC. The quantitative estimate of drug-likeness (QED) is 0.682. The minimum absolute atomic E-state index is 0.552. The summed E-state index contributed by atoms with van der Waals surface area (Å²) in [5.41, 5.74) is 0.615. The van der Waals surface area contributed by atoms with Gasteiger partial charge in [0.25, 0.3) is 0 Å². The highest BCUT2D eigenvalue weighted by Gasteiger charge is 2.10. The van der Waals surface area contributed by atoms with Crippen molar-refractivity contribution in [2.45, 2.75) is 0 Å². The Morgan fingerprint density at radius 2 is 1.79 bits per heavy atom. The van der Waals surface area contributed by atoms with E-state index in [2.05, 4.69) is 5.92 Å². The van der Waals surface area contributed by atoms with Gasteiger partial charge in [-0.2, -0.15) is 0 Å². The third-order valence-corrected chi connectivity index (χ3v) is 1.84. The number of rotatable bonds is 3. The largest absolute Gasteiger partial charge is 0.497 e. The molecule has 0 radical (unpaired) electrons. The Morgan fingerprint density at radius 1 is 1.07 bits per heavy atom. The molecule has 1 rings (SSSR count). The van der Waals surface area contributed by atoms with Crippen molar-refractivity contribution in [1.82, 2.24) is 0 Å². The van der Waals surface area contributed by atoms with Crippen LogP contribution in [0.3, 0.4) is 0 Å². The van der Waals surface area contributed by atoms with Crippen molar-refractivity contribution in [3.05, 3.63) is 17.7 Å². The molecule has 0 unspecified atom stereocenters. The average Bonchev–Trinajstić information content (AvgIpc) is 2.26. The van der Waals surface area contributed by atoms with Crippen LogP contribution in [-0.4, -0.2) is 21.3 Å². The molecule has 0 saturated carbocycles. The Morgan fingerprint density at radius 3 is 2.21 bits per heavy atom. The lowest BCUT2D eigenvalue weighted by Gasteiger charge is -2.11. The molecule has 0 aliphatic heterocycles. The maximum absolute atomic E-state index is 5.33. The molecule has 0 spiro atoms. The highest BCUT2D eigenvalue weighted by Crippen LogP contribution is 2.34. The predicted octanol–water partition coefficient (Wildman–Crippen LogP) is 1.69. The number of benzene rings is 1. The van der Waals surface area contributed by atoms with Crippen LogP contribution in [0.5, 0.6) is 17.2 Å². The summed E-state index contributed by atoms with van der Waals surface area (Å²) in [7, 11) is 4.67. The number of terminal acetylenes is 1. The maximum atomic E-state index is 5.33. The van der Waals surface area contributed by atoms with Crippen molar-refractivity contribution in [3.63, 3.8) is 0 Å². The van der Waals surface area contributed by atoms with E-state index in [1.807, 2.05) is 0 Å². The zero-order valence-corrected chi connectivity index (χ0v) is 8.46. The normalized spacial score (nSPS) is 9.00. The number of ether oxygens (including phenoxy) is 3. The number of hydrogen-bond acceptors (Lipinski definition) is 3. The third-order valence-electron chi connectivity index (χ3n) is 1.84. The first-order valence-electron chi connectivity index (χ1n) is 4.03.